The third kappa shape index (κ3) is 2.61. The van der Waals surface area contributed by atoms with Crippen LogP contribution in [0.2, 0.25) is 0 Å². The number of rotatable bonds is 3. The van der Waals surface area contributed by atoms with E-state index in [1.807, 2.05) is 0 Å². The molecule has 1 saturated heterocycles. The number of aliphatic carboxylic acids is 1. The van der Waals surface area contributed by atoms with Gasteiger partial charge in [-0.25, -0.2) is 12.8 Å². The second-order valence-corrected chi connectivity index (χ2v) is 6.77. The fraction of sp³-hybridized carbons (Fsp3) is 0.417. The van der Waals surface area contributed by atoms with Crippen LogP contribution in [0.1, 0.15) is 18.0 Å². The highest BCUT2D eigenvalue weighted by Gasteiger charge is 2.33. The third-order valence-electron chi connectivity index (χ3n) is 3.33. The Balaban J connectivity index is 2.43. The standard InChI is InChI=1S/C12H14FNO5S/c1-20(18,19)11-9(15)3-2-7(10(11)13)8-4-6(5-14-8)12(16)17/h2-3,6,8,14-15H,4-5H2,1H3,(H,16,17). The van der Waals surface area contributed by atoms with Crippen LogP contribution in [0.5, 0.6) is 5.75 Å². The summed E-state index contributed by atoms with van der Waals surface area (Å²) < 4.78 is 37.3. The highest BCUT2D eigenvalue weighted by Crippen LogP contribution is 2.35. The van der Waals surface area contributed by atoms with Crippen LogP contribution in [0, 0.1) is 11.7 Å². The van der Waals surface area contributed by atoms with Crippen LogP contribution in [0.25, 0.3) is 0 Å². The van der Waals surface area contributed by atoms with Gasteiger partial charge in [-0.05, 0) is 12.5 Å². The van der Waals surface area contributed by atoms with Crippen molar-refractivity contribution in [2.75, 3.05) is 12.8 Å². The van der Waals surface area contributed by atoms with Crippen LogP contribution in [0.3, 0.4) is 0 Å². The molecule has 8 heteroatoms. The van der Waals surface area contributed by atoms with Crippen molar-refractivity contribution < 1.29 is 27.8 Å². The van der Waals surface area contributed by atoms with Crippen LogP contribution >= 0.6 is 0 Å². The maximum atomic E-state index is 14.3. The van der Waals surface area contributed by atoms with Crippen molar-refractivity contribution in [1.29, 1.82) is 0 Å². The predicted octanol–water partition coefficient (Wildman–Crippen LogP) is 0.670. The summed E-state index contributed by atoms with van der Waals surface area (Å²) in [6, 6.07) is 1.78. The van der Waals surface area contributed by atoms with Gasteiger partial charge < -0.3 is 15.5 Å². The zero-order valence-corrected chi connectivity index (χ0v) is 11.4. The summed E-state index contributed by atoms with van der Waals surface area (Å²) in [6.07, 6.45) is 0.970. The van der Waals surface area contributed by atoms with Gasteiger partial charge in [-0.3, -0.25) is 4.79 Å². The molecule has 0 saturated carbocycles. The average Bonchev–Trinajstić information content (AvgIpc) is 2.76. The minimum absolute atomic E-state index is 0.0481. The van der Waals surface area contributed by atoms with Gasteiger partial charge in [0.1, 0.15) is 16.5 Å². The van der Waals surface area contributed by atoms with Crippen LogP contribution in [-0.2, 0) is 14.6 Å². The van der Waals surface area contributed by atoms with Crippen molar-refractivity contribution in [1.82, 2.24) is 5.32 Å². The fourth-order valence-electron chi connectivity index (χ4n) is 2.34. The molecule has 0 aliphatic carbocycles. The van der Waals surface area contributed by atoms with E-state index < -0.39 is 44.2 Å². The number of benzene rings is 1. The molecule has 2 rings (SSSR count). The molecule has 3 N–H and O–H groups in total. The lowest BCUT2D eigenvalue weighted by molar-refractivity contribution is -0.141. The van der Waals surface area contributed by atoms with Gasteiger partial charge in [0.05, 0.1) is 5.92 Å². The zero-order valence-electron chi connectivity index (χ0n) is 10.6. The van der Waals surface area contributed by atoms with E-state index in [1.165, 1.54) is 6.07 Å². The Morgan fingerprint density at radius 1 is 1.45 bits per heavy atom. The van der Waals surface area contributed by atoms with E-state index in [0.717, 1.165) is 12.3 Å². The molecule has 2 unspecified atom stereocenters. The van der Waals surface area contributed by atoms with Crippen molar-refractivity contribution in [3.63, 3.8) is 0 Å². The quantitative estimate of drug-likeness (QED) is 0.758. The van der Waals surface area contributed by atoms with Crippen molar-refractivity contribution in [2.24, 2.45) is 5.92 Å². The smallest absolute Gasteiger partial charge is 0.307 e. The van der Waals surface area contributed by atoms with Crippen molar-refractivity contribution >= 4 is 15.8 Å². The third-order valence-corrected chi connectivity index (χ3v) is 4.46. The number of nitrogens with one attached hydrogen (secondary N) is 1. The molecule has 1 heterocycles. The van der Waals surface area contributed by atoms with E-state index in [4.69, 9.17) is 5.11 Å². The first kappa shape index (κ1) is 14.7. The van der Waals surface area contributed by atoms with Crippen molar-refractivity contribution in [2.45, 2.75) is 17.4 Å². The Morgan fingerprint density at radius 3 is 2.60 bits per heavy atom. The van der Waals surface area contributed by atoms with Gasteiger partial charge in [0, 0.05) is 24.4 Å². The molecule has 2 atom stereocenters. The van der Waals surface area contributed by atoms with E-state index in [2.05, 4.69) is 5.32 Å². The van der Waals surface area contributed by atoms with E-state index in [-0.39, 0.29) is 18.5 Å². The first-order valence-corrected chi connectivity index (χ1v) is 7.78. The molecule has 20 heavy (non-hydrogen) atoms. The van der Waals surface area contributed by atoms with Crippen LogP contribution in [0.4, 0.5) is 4.39 Å². The van der Waals surface area contributed by atoms with Crippen LogP contribution < -0.4 is 5.32 Å². The second-order valence-electron chi connectivity index (χ2n) is 4.82. The number of aromatic hydroxyl groups is 1. The number of phenols is 1. The topological polar surface area (TPSA) is 104 Å². The molecular weight excluding hydrogens is 289 g/mol. The van der Waals surface area contributed by atoms with Gasteiger partial charge in [0.15, 0.2) is 9.84 Å². The van der Waals surface area contributed by atoms with Crippen LogP contribution in [-0.4, -0.2) is 37.4 Å². The Morgan fingerprint density at radius 2 is 2.10 bits per heavy atom. The molecule has 1 aromatic carbocycles. The summed E-state index contributed by atoms with van der Waals surface area (Å²) in [5.74, 6) is -3.31. The molecule has 1 aliphatic rings. The summed E-state index contributed by atoms with van der Waals surface area (Å²) in [5.41, 5.74) is 0.0481. The van der Waals surface area contributed by atoms with Crippen molar-refractivity contribution in [3.05, 3.63) is 23.5 Å². The number of carboxylic acid groups (broad SMARTS) is 1. The van der Waals surface area contributed by atoms with Crippen LogP contribution in [0.15, 0.2) is 17.0 Å². The van der Waals surface area contributed by atoms with E-state index >= 15 is 0 Å². The average molecular weight is 303 g/mol. The largest absolute Gasteiger partial charge is 0.506 e. The van der Waals surface area contributed by atoms with Gasteiger partial charge in [-0.2, -0.15) is 0 Å². The monoisotopic (exact) mass is 303 g/mol. The Labute approximate surface area is 115 Å². The Kier molecular flexibility index (Phi) is 3.70. The van der Waals surface area contributed by atoms with E-state index in [0.29, 0.717) is 0 Å². The molecule has 0 spiro atoms. The minimum Gasteiger partial charge on any atom is -0.506 e. The SMILES string of the molecule is CS(=O)(=O)c1c(O)ccc(C2CC(C(=O)O)CN2)c1F. The molecular formula is C12H14FNO5S. The lowest BCUT2D eigenvalue weighted by Gasteiger charge is -2.14. The Bertz CT molecular complexity index is 658. The molecule has 0 aromatic heterocycles. The molecule has 1 aliphatic heterocycles. The molecule has 1 aromatic rings. The number of hydrogen-bond acceptors (Lipinski definition) is 5. The summed E-state index contributed by atoms with van der Waals surface area (Å²) in [7, 11) is -3.92. The maximum Gasteiger partial charge on any atom is 0.307 e. The minimum atomic E-state index is -3.92. The number of carbonyl (C=O) groups is 1. The normalized spacial score (nSPS) is 22.9. The molecule has 6 nitrogen and oxygen atoms in total. The number of halogens is 1. The summed E-state index contributed by atoms with van der Waals surface area (Å²) in [4.78, 5) is 10.1. The molecule has 0 bridgehead atoms. The molecule has 1 fully saturated rings. The van der Waals surface area contributed by atoms with Gasteiger partial charge in [0.2, 0.25) is 0 Å². The molecule has 0 radical (unpaired) electrons. The summed E-state index contributed by atoms with van der Waals surface area (Å²) in [6.45, 7) is 0.189. The highest BCUT2D eigenvalue weighted by molar-refractivity contribution is 7.90. The highest BCUT2D eigenvalue weighted by atomic mass is 32.2. The molecule has 0 amide bonds. The van der Waals surface area contributed by atoms with Gasteiger partial charge in [-0.1, -0.05) is 6.07 Å². The van der Waals surface area contributed by atoms with Crippen molar-refractivity contribution in [3.8, 4) is 5.75 Å². The predicted molar refractivity (Wildman–Crippen MR) is 67.7 cm³/mol. The number of sulfone groups is 1. The van der Waals surface area contributed by atoms with Gasteiger partial charge in [-0.15, -0.1) is 0 Å². The molecule has 110 valence electrons. The number of hydrogen-bond donors (Lipinski definition) is 3. The lowest BCUT2D eigenvalue weighted by Crippen LogP contribution is -2.18. The summed E-state index contributed by atoms with van der Waals surface area (Å²) >= 11 is 0. The fourth-order valence-corrected chi connectivity index (χ4v) is 3.24. The number of carboxylic acids is 1. The Hall–Kier alpha value is -1.67. The van der Waals surface area contributed by atoms with E-state index in [1.54, 1.807) is 0 Å². The summed E-state index contributed by atoms with van der Waals surface area (Å²) in [5, 5.41) is 21.3. The number of phenolic OH excluding ortho intramolecular Hbond substituents is 1. The maximum absolute atomic E-state index is 14.3. The first-order chi connectivity index (χ1) is 9.21. The first-order valence-electron chi connectivity index (χ1n) is 5.89. The zero-order chi connectivity index (χ0) is 15.1. The van der Waals surface area contributed by atoms with Gasteiger partial charge in [0.25, 0.3) is 0 Å². The van der Waals surface area contributed by atoms with Gasteiger partial charge >= 0.3 is 5.97 Å². The van der Waals surface area contributed by atoms with E-state index in [9.17, 15) is 22.7 Å². The second kappa shape index (κ2) is 5.02. The lowest BCUT2D eigenvalue weighted by atomic mass is 9.99.